The summed E-state index contributed by atoms with van der Waals surface area (Å²) in [5.41, 5.74) is 0.837. The summed E-state index contributed by atoms with van der Waals surface area (Å²) in [6.45, 7) is 3.55. The molecule has 0 aromatic heterocycles. The molecular formula is C23H20O7. The molecule has 3 aromatic carbocycles. The topological polar surface area (TPSA) is 91.3 Å². The minimum Gasteiger partial charge on any atom is -0.506 e. The third-order valence-corrected chi connectivity index (χ3v) is 4.80. The van der Waals surface area contributed by atoms with E-state index in [0.29, 0.717) is 33.4 Å². The van der Waals surface area contributed by atoms with Gasteiger partial charge in [0.1, 0.15) is 11.3 Å². The number of phenols is 1. The van der Waals surface area contributed by atoms with E-state index in [9.17, 15) is 14.7 Å². The molecule has 1 heterocycles. The lowest BCUT2D eigenvalue weighted by molar-refractivity contribution is 0.0477. The molecule has 0 bridgehead atoms. The lowest BCUT2D eigenvalue weighted by atomic mass is 9.88. The van der Waals surface area contributed by atoms with Gasteiger partial charge in [-0.2, -0.15) is 0 Å². The summed E-state index contributed by atoms with van der Waals surface area (Å²) in [4.78, 5) is 25.8. The van der Waals surface area contributed by atoms with Gasteiger partial charge in [0.05, 0.1) is 18.8 Å². The summed E-state index contributed by atoms with van der Waals surface area (Å²) in [5.74, 6) is -0.984. The number of hydrogen-bond acceptors (Lipinski definition) is 7. The number of phenolic OH excluding ortho intramolecular Hbond substituents is 1. The minimum absolute atomic E-state index is 0.0442. The van der Waals surface area contributed by atoms with Crippen molar-refractivity contribution in [1.29, 1.82) is 0 Å². The van der Waals surface area contributed by atoms with Crippen LogP contribution >= 0.6 is 0 Å². The molecule has 3 aromatic rings. The third-order valence-electron chi connectivity index (χ3n) is 4.80. The molecule has 0 saturated heterocycles. The van der Waals surface area contributed by atoms with Crippen LogP contribution in [0, 0.1) is 0 Å². The zero-order chi connectivity index (χ0) is 21.3. The molecule has 0 saturated carbocycles. The zero-order valence-electron chi connectivity index (χ0n) is 16.6. The molecule has 4 rings (SSSR count). The monoisotopic (exact) mass is 408 g/mol. The fourth-order valence-corrected chi connectivity index (χ4v) is 3.57. The van der Waals surface area contributed by atoms with E-state index in [-0.39, 0.29) is 36.9 Å². The molecule has 0 radical (unpaired) electrons. The first kappa shape index (κ1) is 19.6. The molecule has 154 valence electrons. The second-order valence-electron chi connectivity index (χ2n) is 6.53. The van der Waals surface area contributed by atoms with Gasteiger partial charge in [-0.3, -0.25) is 0 Å². The zero-order valence-corrected chi connectivity index (χ0v) is 16.6. The summed E-state index contributed by atoms with van der Waals surface area (Å²) in [6, 6.07) is 12.4. The normalized spacial score (nSPS) is 12.1. The van der Waals surface area contributed by atoms with Crippen molar-refractivity contribution < 1.29 is 33.6 Å². The molecule has 1 aliphatic heterocycles. The van der Waals surface area contributed by atoms with Crippen molar-refractivity contribution in [3.05, 3.63) is 53.6 Å². The molecule has 7 heteroatoms. The second-order valence-corrected chi connectivity index (χ2v) is 6.53. The first-order valence-electron chi connectivity index (χ1n) is 9.58. The molecule has 0 fully saturated rings. The Morgan fingerprint density at radius 3 is 2.07 bits per heavy atom. The van der Waals surface area contributed by atoms with Gasteiger partial charge in [-0.25, -0.2) is 9.59 Å². The van der Waals surface area contributed by atoms with E-state index >= 15 is 0 Å². The number of hydrogen-bond donors (Lipinski definition) is 1. The van der Waals surface area contributed by atoms with E-state index < -0.39 is 11.9 Å². The van der Waals surface area contributed by atoms with Crippen molar-refractivity contribution in [1.82, 2.24) is 0 Å². The number of rotatable bonds is 5. The van der Waals surface area contributed by atoms with E-state index in [0.717, 1.165) is 0 Å². The molecule has 0 atom stereocenters. The number of aromatic hydroxyl groups is 1. The van der Waals surface area contributed by atoms with Crippen molar-refractivity contribution in [2.45, 2.75) is 13.8 Å². The van der Waals surface area contributed by atoms with Gasteiger partial charge in [0, 0.05) is 10.9 Å². The second kappa shape index (κ2) is 7.94. The smallest absolute Gasteiger partial charge is 0.342 e. The molecular weight excluding hydrogens is 388 g/mol. The largest absolute Gasteiger partial charge is 0.506 e. The maximum atomic E-state index is 13.0. The number of carbonyl (C=O) groups is 2. The van der Waals surface area contributed by atoms with Gasteiger partial charge in [-0.05, 0) is 36.9 Å². The molecule has 7 nitrogen and oxygen atoms in total. The molecule has 0 spiro atoms. The fraction of sp³-hybridized carbons (Fsp3) is 0.217. The maximum Gasteiger partial charge on any atom is 0.342 e. The Morgan fingerprint density at radius 1 is 0.900 bits per heavy atom. The highest BCUT2D eigenvalue weighted by atomic mass is 16.7. The molecule has 0 unspecified atom stereocenters. The number of fused-ring (bicyclic) bond motifs is 2. The third kappa shape index (κ3) is 3.18. The number of benzene rings is 3. The number of esters is 2. The van der Waals surface area contributed by atoms with E-state index in [1.165, 1.54) is 0 Å². The Hall–Kier alpha value is -3.74. The average Bonchev–Trinajstić information content (AvgIpc) is 3.21. The molecule has 1 N–H and O–H groups in total. The van der Waals surface area contributed by atoms with Crippen molar-refractivity contribution in [3.63, 3.8) is 0 Å². The maximum absolute atomic E-state index is 13.0. The lowest BCUT2D eigenvalue weighted by Gasteiger charge is -2.19. The van der Waals surface area contributed by atoms with Crippen molar-refractivity contribution >= 4 is 22.7 Å². The van der Waals surface area contributed by atoms with E-state index in [2.05, 4.69) is 0 Å². The van der Waals surface area contributed by atoms with Gasteiger partial charge in [0.2, 0.25) is 6.79 Å². The van der Waals surface area contributed by atoms with Crippen molar-refractivity contribution in [3.8, 4) is 28.4 Å². The molecule has 0 aliphatic carbocycles. The van der Waals surface area contributed by atoms with E-state index in [1.54, 1.807) is 26.0 Å². The minimum atomic E-state index is -0.810. The number of ether oxygens (including phenoxy) is 4. The van der Waals surface area contributed by atoms with Gasteiger partial charge < -0.3 is 24.1 Å². The van der Waals surface area contributed by atoms with Gasteiger partial charge >= 0.3 is 11.9 Å². The van der Waals surface area contributed by atoms with Crippen LogP contribution in [-0.4, -0.2) is 37.1 Å². The molecule has 0 amide bonds. The van der Waals surface area contributed by atoms with E-state index in [4.69, 9.17) is 18.9 Å². The summed E-state index contributed by atoms with van der Waals surface area (Å²) in [7, 11) is 0. The lowest BCUT2D eigenvalue weighted by Crippen LogP contribution is -2.16. The highest BCUT2D eigenvalue weighted by molar-refractivity contribution is 6.18. The van der Waals surface area contributed by atoms with Crippen LogP contribution in [-0.2, 0) is 9.47 Å². The van der Waals surface area contributed by atoms with Gasteiger partial charge in [-0.1, -0.05) is 30.3 Å². The van der Waals surface area contributed by atoms with Crippen LogP contribution in [0.3, 0.4) is 0 Å². The van der Waals surface area contributed by atoms with Crippen LogP contribution in [0.2, 0.25) is 0 Å². The van der Waals surface area contributed by atoms with Crippen LogP contribution in [0.25, 0.3) is 21.9 Å². The summed E-state index contributed by atoms with van der Waals surface area (Å²) in [5, 5.41) is 11.9. The van der Waals surface area contributed by atoms with E-state index in [1.807, 2.05) is 30.3 Å². The Labute approximate surface area is 172 Å². The Bertz CT molecular complexity index is 1140. The highest BCUT2D eigenvalue weighted by Crippen LogP contribution is 2.46. The van der Waals surface area contributed by atoms with Crippen LogP contribution in [0.5, 0.6) is 17.2 Å². The first-order valence-corrected chi connectivity index (χ1v) is 9.58. The predicted molar refractivity (Wildman–Crippen MR) is 109 cm³/mol. The first-order chi connectivity index (χ1) is 14.6. The fourth-order valence-electron chi connectivity index (χ4n) is 3.57. The highest BCUT2D eigenvalue weighted by Gasteiger charge is 2.32. The van der Waals surface area contributed by atoms with Crippen molar-refractivity contribution in [2.24, 2.45) is 0 Å². The van der Waals surface area contributed by atoms with Crippen LogP contribution in [0.4, 0.5) is 0 Å². The standard InChI is InChI=1S/C23H20O7/c1-3-27-22(25)19-18(13-8-6-5-7-9-13)14-10-16-17(30-12-29-16)11-15(14)21(24)20(19)23(26)28-4-2/h5-11,24H,3-4,12H2,1-2H3. The Balaban J connectivity index is 2.17. The van der Waals surface area contributed by atoms with Crippen LogP contribution in [0.15, 0.2) is 42.5 Å². The van der Waals surface area contributed by atoms with Crippen LogP contribution in [0.1, 0.15) is 34.6 Å². The van der Waals surface area contributed by atoms with Gasteiger partial charge in [0.15, 0.2) is 11.5 Å². The predicted octanol–water partition coefficient (Wildman–Crippen LogP) is 4.29. The SMILES string of the molecule is CCOC(=O)c1c(C(=O)OCC)c(-c2ccccc2)c2cc3c(cc2c1O)OCO3. The molecule has 1 aliphatic rings. The number of carbonyl (C=O) groups excluding carboxylic acids is 2. The van der Waals surface area contributed by atoms with Gasteiger partial charge in [0.25, 0.3) is 0 Å². The molecule has 30 heavy (non-hydrogen) atoms. The van der Waals surface area contributed by atoms with Crippen molar-refractivity contribution in [2.75, 3.05) is 20.0 Å². The summed E-state index contributed by atoms with van der Waals surface area (Å²) < 4.78 is 21.3. The Morgan fingerprint density at radius 2 is 1.47 bits per heavy atom. The summed E-state index contributed by atoms with van der Waals surface area (Å²) in [6.07, 6.45) is 0. The van der Waals surface area contributed by atoms with Crippen LogP contribution < -0.4 is 9.47 Å². The van der Waals surface area contributed by atoms with Gasteiger partial charge in [-0.15, -0.1) is 0 Å². The Kier molecular flexibility index (Phi) is 5.18. The summed E-state index contributed by atoms with van der Waals surface area (Å²) >= 11 is 0. The average molecular weight is 408 g/mol. The quantitative estimate of drug-likeness (QED) is 0.630.